The minimum absolute atomic E-state index is 0.626. The minimum atomic E-state index is -4.27. The minimum Gasteiger partial charge on any atom is -0.166 e. The van der Waals surface area contributed by atoms with Crippen molar-refractivity contribution < 1.29 is 13.2 Å². The smallest absolute Gasteiger partial charge is 0.166 e. The summed E-state index contributed by atoms with van der Waals surface area (Å²) in [6.45, 7) is 1.91. The number of rotatable bonds is 3. The maximum absolute atomic E-state index is 12.3. The van der Waals surface area contributed by atoms with Gasteiger partial charge in [-0.15, -0.1) is 0 Å². The van der Waals surface area contributed by atoms with Gasteiger partial charge in [-0.1, -0.05) is 48.6 Å². The molecule has 0 heterocycles. The Morgan fingerprint density at radius 3 is 2.00 bits per heavy atom. The van der Waals surface area contributed by atoms with Crippen molar-refractivity contribution in [3.05, 3.63) is 65.8 Å². The molecule has 0 N–H and O–H groups in total. The molecular weight excluding hydrogens is 225 g/mol. The Balaban J connectivity index is 2.69. The van der Waals surface area contributed by atoms with Crippen LogP contribution in [0.1, 0.15) is 18.1 Å². The van der Waals surface area contributed by atoms with Gasteiger partial charge in [0.05, 0.1) is 5.56 Å². The van der Waals surface area contributed by atoms with Crippen molar-refractivity contribution in [2.24, 2.45) is 0 Å². The lowest BCUT2D eigenvalue weighted by molar-refractivity contribution is -0.137. The van der Waals surface area contributed by atoms with Crippen LogP contribution in [0.3, 0.4) is 0 Å². The Labute approximate surface area is 98.8 Å². The number of benzene rings is 1. The molecule has 90 valence electrons. The summed E-state index contributed by atoms with van der Waals surface area (Å²) < 4.78 is 36.8. The van der Waals surface area contributed by atoms with E-state index in [9.17, 15) is 13.2 Å². The summed E-state index contributed by atoms with van der Waals surface area (Å²) >= 11 is 0. The first-order valence-corrected chi connectivity index (χ1v) is 5.17. The van der Waals surface area contributed by atoms with Gasteiger partial charge in [0.1, 0.15) is 0 Å². The molecule has 0 saturated heterocycles. The van der Waals surface area contributed by atoms with E-state index in [1.807, 2.05) is 31.2 Å². The first-order valence-electron chi connectivity index (χ1n) is 5.17. The summed E-state index contributed by atoms with van der Waals surface area (Å²) in [5.41, 5.74) is 0.113. The fourth-order valence-corrected chi connectivity index (χ4v) is 1.19. The summed E-state index contributed by atoms with van der Waals surface area (Å²) in [7, 11) is 0. The van der Waals surface area contributed by atoms with Crippen molar-refractivity contribution >= 4 is 6.08 Å². The fraction of sp³-hybridized carbons (Fsp3) is 0.143. The molecule has 0 unspecified atom stereocenters. The topological polar surface area (TPSA) is 0 Å². The van der Waals surface area contributed by atoms with Gasteiger partial charge in [0.2, 0.25) is 0 Å². The van der Waals surface area contributed by atoms with Gasteiger partial charge in [-0.2, -0.15) is 13.2 Å². The maximum Gasteiger partial charge on any atom is 0.416 e. The second-order valence-electron chi connectivity index (χ2n) is 3.39. The number of halogens is 3. The lowest BCUT2D eigenvalue weighted by Crippen LogP contribution is -2.03. The van der Waals surface area contributed by atoms with Crippen molar-refractivity contribution in [1.82, 2.24) is 0 Å². The van der Waals surface area contributed by atoms with E-state index in [2.05, 4.69) is 0 Å². The lowest BCUT2D eigenvalue weighted by atomic mass is 10.1. The molecular formula is C14H13F3. The fourth-order valence-electron chi connectivity index (χ4n) is 1.19. The summed E-state index contributed by atoms with van der Waals surface area (Å²) in [6, 6.07) is 5.05. The predicted molar refractivity (Wildman–Crippen MR) is 64.4 cm³/mol. The molecule has 0 aromatic heterocycles. The molecule has 1 aromatic rings. The average molecular weight is 238 g/mol. The third kappa shape index (κ3) is 4.72. The zero-order valence-corrected chi connectivity index (χ0v) is 9.41. The second kappa shape index (κ2) is 6.09. The van der Waals surface area contributed by atoms with E-state index in [0.29, 0.717) is 0 Å². The summed E-state index contributed by atoms with van der Waals surface area (Å²) in [6.07, 6.45) is 6.69. The highest BCUT2D eigenvalue weighted by Crippen LogP contribution is 2.29. The first kappa shape index (κ1) is 13.3. The van der Waals surface area contributed by atoms with Gasteiger partial charge < -0.3 is 0 Å². The van der Waals surface area contributed by atoms with Gasteiger partial charge >= 0.3 is 6.18 Å². The first-order chi connectivity index (χ1) is 8.04. The SMILES string of the molecule is CC=CC=CC=Cc1ccc(C(F)(F)F)cc1. The quantitative estimate of drug-likeness (QED) is 0.660. The molecule has 3 heteroatoms. The van der Waals surface area contributed by atoms with Crippen LogP contribution in [-0.4, -0.2) is 0 Å². The zero-order valence-electron chi connectivity index (χ0n) is 9.41. The Morgan fingerprint density at radius 2 is 1.47 bits per heavy atom. The second-order valence-corrected chi connectivity index (χ2v) is 3.39. The van der Waals surface area contributed by atoms with Crippen molar-refractivity contribution in [1.29, 1.82) is 0 Å². The highest BCUT2D eigenvalue weighted by Gasteiger charge is 2.29. The molecule has 0 bridgehead atoms. The van der Waals surface area contributed by atoms with Gasteiger partial charge in [-0.05, 0) is 24.6 Å². The molecule has 0 aliphatic heterocycles. The predicted octanol–water partition coefficient (Wildman–Crippen LogP) is 4.85. The third-order valence-electron chi connectivity index (χ3n) is 2.05. The number of hydrogen-bond acceptors (Lipinski definition) is 0. The molecule has 0 fully saturated rings. The summed E-state index contributed by atoms with van der Waals surface area (Å²) in [5, 5.41) is 0. The zero-order chi connectivity index (χ0) is 12.7. The molecule has 0 atom stereocenters. The Kier molecular flexibility index (Phi) is 4.76. The number of allylic oxidation sites excluding steroid dienone is 5. The van der Waals surface area contributed by atoms with Gasteiger partial charge in [0.15, 0.2) is 0 Å². The van der Waals surface area contributed by atoms with Gasteiger partial charge in [-0.25, -0.2) is 0 Å². The van der Waals surface area contributed by atoms with Crippen LogP contribution in [-0.2, 0) is 6.18 Å². The molecule has 0 spiro atoms. The molecule has 1 rings (SSSR count). The third-order valence-corrected chi connectivity index (χ3v) is 2.05. The molecule has 0 saturated carbocycles. The normalized spacial score (nSPS) is 13.2. The molecule has 0 amide bonds. The Morgan fingerprint density at radius 1 is 0.882 bits per heavy atom. The van der Waals surface area contributed by atoms with Crippen LogP contribution in [0.2, 0.25) is 0 Å². The van der Waals surface area contributed by atoms with Gasteiger partial charge in [0, 0.05) is 0 Å². The Hall–Kier alpha value is -1.77. The van der Waals surface area contributed by atoms with Crippen LogP contribution < -0.4 is 0 Å². The molecule has 0 aliphatic carbocycles. The van der Waals surface area contributed by atoms with Crippen LogP contribution in [0.4, 0.5) is 13.2 Å². The van der Waals surface area contributed by atoms with E-state index in [0.717, 1.165) is 17.7 Å². The van der Waals surface area contributed by atoms with Crippen LogP contribution in [0.15, 0.2) is 54.6 Å². The van der Waals surface area contributed by atoms with Crippen LogP contribution in [0.25, 0.3) is 6.08 Å². The van der Waals surface area contributed by atoms with E-state index in [1.54, 1.807) is 12.2 Å². The summed E-state index contributed by atoms with van der Waals surface area (Å²) in [4.78, 5) is 0. The van der Waals surface area contributed by atoms with Crippen LogP contribution >= 0.6 is 0 Å². The highest BCUT2D eigenvalue weighted by molar-refractivity contribution is 5.51. The average Bonchev–Trinajstić information content (AvgIpc) is 2.28. The Bertz CT molecular complexity index is 420. The van der Waals surface area contributed by atoms with Crippen molar-refractivity contribution in [2.45, 2.75) is 13.1 Å². The summed E-state index contributed by atoms with van der Waals surface area (Å²) in [5.74, 6) is 0. The van der Waals surface area contributed by atoms with E-state index in [4.69, 9.17) is 0 Å². The van der Waals surface area contributed by atoms with Crippen molar-refractivity contribution in [3.63, 3.8) is 0 Å². The van der Waals surface area contributed by atoms with Crippen molar-refractivity contribution in [2.75, 3.05) is 0 Å². The number of alkyl halides is 3. The highest BCUT2D eigenvalue weighted by atomic mass is 19.4. The number of hydrogen-bond donors (Lipinski definition) is 0. The van der Waals surface area contributed by atoms with Crippen LogP contribution in [0.5, 0.6) is 0 Å². The monoisotopic (exact) mass is 238 g/mol. The van der Waals surface area contributed by atoms with Crippen molar-refractivity contribution in [3.8, 4) is 0 Å². The maximum atomic E-state index is 12.3. The molecule has 0 nitrogen and oxygen atoms in total. The van der Waals surface area contributed by atoms with E-state index < -0.39 is 11.7 Å². The largest absolute Gasteiger partial charge is 0.416 e. The van der Waals surface area contributed by atoms with E-state index in [1.165, 1.54) is 12.1 Å². The van der Waals surface area contributed by atoms with E-state index >= 15 is 0 Å². The lowest BCUT2D eigenvalue weighted by Gasteiger charge is -2.05. The van der Waals surface area contributed by atoms with Crippen LogP contribution in [0, 0.1) is 0 Å². The molecule has 1 aromatic carbocycles. The molecule has 0 aliphatic rings. The molecule has 0 radical (unpaired) electrons. The molecule has 17 heavy (non-hydrogen) atoms. The van der Waals surface area contributed by atoms with Gasteiger partial charge in [0.25, 0.3) is 0 Å². The standard InChI is InChI=1S/C14H13F3/c1-2-3-4-5-6-7-12-8-10-13(11-9-12)14(15,16)17/h2-11H,1H3. The van der Waals surface area contributed by atoms with Gasteiger partial charge in [-0.3, -0.25) is 0 Å². The van der Waals surface area contributed by atoms with E-state index in [-0.39, 0.29) is 0 Å².